The van der Waals surface area contributed by atoms with E-state index in [0.717, 1.165) is 22.9 Å². The van der Waals surface area contributed by atoms with Crippen LogP contribution in [-0.2, 0) is 5.75 Å². The Morgan fingerprint density at radius 3 is 2.21 bits per heavy atom. The highest BCUT2D eigenvalue weighted by molar-refractivity contribution is 7.98. The average Bonchev–Trinajstić information content (AvgIpc) is 2.69. The molecule has 1 nitrogen and oxygen atoms in total. The van der Waals surface area contributed by atoms with E-state index < -0.39 is 0 Å². The van der Waals surface area contributed by atoms with Gasteiger partial charge in [0.05, 0.1) is 0 Å². The van der Waals surface area contributed by atoms with Crippen LogP contribution in [-0.4, -0.2) is 25.5 Å². The Hall–Kier alpha value is -1.71. The van der Waals surface area contributed by atoms with E-state index in [9.17, 15) is 0 Å². The van der Waals surface area contributed by atoms with Gasteiger partial charge in [-0.25, -0.2) is 0 Å². The van der Waals surface area contributed by atoms with E-state index in [4.69, 9.17) is 23.2 Å². The van der Waals surface area contributed by atoms with Crippen molar-refractivity contribution in [3.05, 3.63) is 106 Å². The third-order valence-corrected chi connectivity index (χ3v) is 5.97. The quantitative estimate of drug-likeness (QED) is 0.364. The van der Waals surface area contributed by atoms with E-state index in [1.165, 1.54) is 21.6 Å². The van der Waals surface area contributed by atoms with Crippen molar-refractivity contribution in [3.8, 4) is 0 Å². The van der Waals surface area contributed by atoms with E-state index in [2.05, 4.69) is 79.7 Å². The number of halogens is 2. The van der Waals surface area contributed by atoms with Gasteiger partial charge < -0.3 is 4.90 Å². The van der Waals surface area contributed by atoms with Gasteiger partial charge in [-0.1, -0.05) is 77.8 Å². The van der Waals surface area contributed by atoms with Gasteiger partial charge in [-0.2, -0.15) is 0 Å². The maximum Gasteiger partial charge on any atom is 0.0461 e. The zero-order chi connectivity index (χ0) is 19.9. The molecule has 0 saturated carbocycles. The van der Waals surface area contributed by atoms with Gasteiger partial charge in [-0.15, -0.1) is 11.8 Å². The molecule has 0 unspecified atom stereocenters. The van der Waals surface area contributed by atoms with Crippen molar-refractivity contribution in [1.82, 2.24) is 4.90 Å². The molecular formula is C24H23Cl2NS. The molecule has 0 fully saturated rings. The third-order valence-electron chi connectivity index (χ3n) is 4.32. The first kappa shape index (κ1) is 21.0. The third kappa shape index (κ3) is 5.89. The largest absolute Gasteiger partial charge is 0.306 e. The Morgan fingerprint density at radius 2 is 1.57 bits per heavy atom. The molecule has 3 rings (SSSR count). The summed E-state index contributed by atoms with van der Waals surface area (Å²) in [4.78, 5) is 3.39. The highest BCUT2D eigenvalue weighted by Gasteiger charge is 2.07. The second kappa shape index (κ2) is 10.2. The average molecular weight is 428 g/mol. The van der Waals surface area contributed by atoms with Crippen LogP contribution in [0, 0.1) is 0 Å². The number of likely N-dealkylation sites (N-methyl/N-ethyl adjacent to an activating group) is 1. The molecule has 0 radical (unpaired) electrons. The number of hydrogen-bond acceptors (Lipinski definition) is 2. The van der Waals surface area contributed by atoms with Crippen LogP contribution in [0.1, 0.15) is 16.7 Å². The molecule has 0 aliphatic heterocycles. The van der Waals surface area contributed by atoms with Crippen LogP contribution in [0.15, 0.2) is 83.8 Å². The maximum absolute atomic E-state index is 6.28. The van der Waals surface area contributed by atoms with E-state index in [-0.39, 0.29) is 0 Å². The van der Waals surface area contributed by atoms with Gasteiger partial charge in [0.1, 0.15) is 0 Å². The number of thioether (sulfide) groups is 1. The van der Waals surface area contributed by atoms with Gasteiger partial charge in [0.15, 0.2) is 0 Å². The Kier molecular flexibility index (Phi) is 7.64. The summed E-state index contributed by atoms with van der Waals surface area (Å²) < 4.78 is 0. The highest BCUT2D eigenvalue weighted by Crippen LogP contribution is 2.30. The predicted octanol–water partition coefficient (Wildman–Crippen LogP) is 7.28. The summed E-state index contributed by atoms with van der Waals surface area (Å²) >= 11 is 14.0. The van der Waals surface area contributed by atoms with E-state index >= 15 is 0 Å². The molecule has 0 aliphatic rings. The number of benzene rings is 3. The van der Waals surface area contributed by atoms with Crippen molar-refractivity contribution in [2.45, 2.75) is 10.6 Å². The Morgan fingerprint density at radius 1 is 0.893 bits per heavy atom. The SMILES string of the molecule is CN(C)CC=C(c1ccccc1)c1ccc(SCc2ccc(Cl)cc2Cl)cc1. The normalized spacial score (nSPS) is 11.8. The molecule has 0 heterocycles. The van der Waals surface area contributed by atoms with E-state index in [1.54, 1.807) is 17.8 Å². The lowest BCUT2D eigenvalue weighted by molar-refractivity contribution is 0.457. The van der Waals surface area contributed by atoms with Crippen LogP contribution >= 0.6 is 35.0 Å². The highest BCUT2D eigenvalue weighted by atomic mass is 35.5. The van der Waals surface area contributed by atoms with Gasteiger partial charge in [0, 0.05) is 27.2 Å². The van der Waals surface area contributed by atoms with Crippen molar-refractivity contribution in [2.24, 2.45) is 0 Å². The Bertz CT molecular complexity index is 935. The molecule has 0 bridgehead atoms. The van der Waals surface area contributed by atoms with Gasteiger partial charge in [-0.3, -0.25) is 0 Å². The van der Waals surface area contributed by atoms with Crippen molar-refractivity contribution in [3.63, 3.8) is 0 Å². The molecule has 0 amide bonds. The van der Waals surface area contributed by atoms with Crippen molar-refractivity contribution in [1.29, 1.82) is 0 Å². The van der Waals surface area contributed by atoms with E-state index in [1.807, 2.05) is 12.1 Å². The molecule has 0 aliphatic carbocycles. The molecule has 0 saturated heterocycles. The molecule has 3 aromatic carbocycles. The molecule has 0 aromatic heterocycles. The van der Waals surface area contributed by atoms with Crippen molar-refractivity contribution >= 4 is 40.5 Å². The van der Waals surface area contributed by atoms with Crippen molar-refractivity contribution < 1.29 is 0 Å². The zero-order valence-corrected chi connectivity index (χ0v) is 18.4. The van der Waals surface area contributed by atoms with Gasteiger partial charge in [-0.05, 0) is 60.6 Å². The summed E-state index contributed by atoms with van der Waals surface area (Å²) in [6.45, 7) is 0.899. The Balaban J connectivity index is 1.76. The van der Waals surface area contributed by atoms with Crippen LogP contribution in [0.25, 0.3) is 5.57 Å². The monoisotopic (exact) mass is 427 g/mol. The Labute approximate surface area is 182 Å². The summed E-state index contributed by atoms with van der Waals surface area (Å²) in [6.07, 6.45) is 2.28. The maximum atomic E-state index is 6.28. The minimum atomic E-state index is 0.668. The van der Waals surface area contributed by atoms with Crippen LogP contribution in [0.4, 0.5) is 0 Å². The summed E-state index contributed by atoms with van der Waals surface area (Å²) in [7, 11) is 4.17. The van der Waals surface area contributed by atoms with Crippen molar-refractivity contribution in [2.75, 3.05) is 20.6 Å². The molecular weight excluding hydrogens is 405 g/mol. The van der Waals surface area contributed by atoms with Crippen LogP contribution < -0.4 is 0 Å². The zero-order valence-electron chi connectivity index (χ0n) is 16.0. The van der Waals surface area contributed by atoms with Gasteiger partial charge >= 0.3 is 0 Å². The molecule has 0 atom stereocenters. The second-order valence-electron chi connectivity index (χ2n) is 6.79. The van der Waals surface area contributed by atoms with Gasteiger partial charge in [0.2, 0.25) is 0 Å². The smallest absolute Gasteiger partial charge is 0.0461 e. The predicted molar refractivity (Wildman–Crippen MR) is 125 cm³/mol. The standard InChI is InChI=1S/C24H23Cl2NS/c1-27(2)15-14-23(18-6-4-3-5-7-18)19-9-12-22(13-10-19)28-17-20-8-11-21(25)16-24(20)26/h3-14,16H,15,17H2,1-2H3. The molecule has 28 heavy (non-hydrogen) atoms. The minimum absolute atomic E-state index is 0.668. The lowest BCUT2D eigenvalue weighted by Gasteiger charge is -2.12. The molecule has 0 N–H and O–H groups in total. The first-order chi connectivity index (χ1) is 13.5. The summed E-state index contributed by atoms with van der Waals surface area (Å²) in [6, 6.07) is 24.9. The molecule has 3 aromatic rings. The van der Waals surface area contributed by atoms with Gasteiger partial charge in [0.25, 0.3) is 0 Å². The fraction of sp³-hybridized carbons (Fsp3) is 0.167. The first-order valence-electron chi connectivity index (χ1n) is 9.10. The first-order valence-corrected chi connectivity index (χ1v) is 10.8. The number of rotatable bonds is 7. The fourth-order valence-electron chi connectivity index (χ4n) is 2.82. The summed E-state index contributed by atoms with van der Waals surface area (Å²) in [5.74, 6) is 0.817. The summed E-state index contributed by atoms with van der Waals surface area (Å²) in [5.41, 5.74) is 4.81. The minimum Gasteiger partial charge on any atom is -0.306 e. The summed E-state index contributed by atoms with van der Waals surface area (Å²) in [5, 5.41) is 1.38. The second-order valence-corrected chi connectivity index (χ2v) is 8.69. The molecule has 4 heteroatoms. The number of nitrogens with zero attached hydrogens (tertiary/aromatic N) is 1. The molecule has 144 valence electrons. The lowest BCUT2D eigenvalue weighted by Crippen LogP contribution is -2.11. The lowest BCUT2D eigenvalue weighted by atomic mass is 9.97. The van der Waals surface area contributed by atoms with Crippen LogP contribution in [0.5, 0.6) is 0 Å². The van der Waals surface area contributed by atoms with Crippen LogP contribution in [0.3, 0.4) is 0 Å². The topological polar surface area (TPSA) is 3.24 Å². The molecule has 0 spiro atoms. The fourth-order valence-corrected chi connectivity index (χ4v) is 4.28. The number of hydrogen-bond donors (Lipinski definition) is 0. The van der Waals surface area contributed by atoms with E-state index in [0.29, 0.717) is 5.02 Å². The van der Waals surface area contributed by atoms with Crippen LogP contribution in [0.2, 0.25) is 10.0 Å².